The van der Waals surface area contributed by atoms with Crippen molar-refractivity contribution in [3.8, 4) is 11.3 Å². The Balaban J connectivity index is 1.63. The summed E-state index contributed by atoms with van der Waals surface area (Å²) in [7, 11) is 1.45. The van der Waals surface area contributed by atoms with Crippen molar-refractivity contribution < 1.29 is 35.9 Å². The molecule has 52 heavy (non-hydrogen) atoms. The van der Waals surface area contributed by atoms with E-state index in [9.17, 15) is 40.7 Å². The lowest BCUT2D eigenvalue weighted by atomic mass is 9.91. The number of amides is 2. The number of benzene rings is 1. The van der Waals surface area contributed by atoms with Crippen molar-refractivity contribution in [2.45, 2.75) is 82.9 Å². The van der Waals surface area contributed by atoms with E-state index in [1.54, 1.807) is 6.08 Å². The molecule has 1 aliphatic carbocycles. The molecule has 3 atom stereocenters. The zero-order chi connectivity index (χ0) is 38.8. The van der Waals surface area contributed by atoms with Crippen LogP contribution in [0.2, 0.25) is 0 Å². The number of halogens is 8. The molecule has 1 aliphatic rings. The topological polar surface area (TPSA) is 98.0 Å². The third-order valence-electron chi connectivity index (χ3n) is 9.01. The van der Waals surface area contributed by atoms with Crippen molar-refractivity contribution in [2.75, 3.05) is 5.88 Å². The zero-order valence-electron chi connectivity index (χ0n) is 28.9. The summed E-state index contributed by atoms with van der Waals surface area (Å²) < 4.78 is 86.9. The maximum Gasteiger partial charge on any atom is 0.433 e. The summed E-state index contributed by atoms with van der Waals surface area (Å²) >= 11 is 9.16. The van der Waals surface area contributed by atoms with Crippen molar-refractivity contribution in [1.29, 1.82) is 0 Å². The molecule has 0 bridgehead atoms. The first-order valence-corrected chi connectivity index (χ1v) is 17.7. The molecule has 0 saturated heterocycles. The van der Waals surface area contributed by atoms with Gasteiger partial charge in [0.25, 0.3) is 0 Å². The molecule has 8 nitrogen and oxygen atoms in total. The standard InChI is InChI=1S/C36H39BrClF6N5O3/c1-6-8-21(7-2)15-28(45-32(52)34(13-14-38)18-26(34)24-11-10-23(37)16-25(24)35(39,40)41)31(51)46-33(3,4)20-49-29(36(42,43)44)17-27(47-49)22-9-12-30(50)48(5)19-22/h7-12,16-17,19,26,28H,2,6,13-15,18,20H2,1,3-5H3,(H,45,52)(H,46,51)/b21-8+. The Bertz CT molecular complexity index is 1920. The van der Waals surface area contributed by atoms with Crippen LogP contribution in [-0.4, -0.2) is 43.6 Å². The van der Waals surface area contributed by atoms with Crippen LogP contribution in [0, 0.1) is 5.41 Å². The quantitative estimate of drug-likeness (QED) is 0.0976. The number of alkyl halides is 7. The van der Waals surface area contributed by atoms with Crippen LogP contribution in [0.1, 0.15) is 69.2 Å². The van der Waals surface area contributed by atoms with Crippen LogP contribution >= 0.6 is 27.5 Å². The number of carbonyl (C=O) groups is 2. The number of aromatic nitrogens is 3. The number of hydrogen-bond acceptors (Lipinski definition) is 4. The SMILES string of the molecule is C=C/C(=C\CC)CC(NC(=O)C1(CCCl)CC1c1ccc(Br)cc1C(F)(F)F)C(=O)NC(C)(C)Cn1nc(-c2ccc(=O)n(C)c2)cc1C(F)(F)F. The van der Waals surface area contributed by atoms with Crippen molar-refractivity contribution in [1.82, 2.24) is 25.0 Å². The lowest BCUT2D eigenvalue weighted by Gasteiger charge is -2.31. The minimum absolute atomic E-state index is 0.0357. The summed E-state index contributed by atoms with van der Waals surface area (Å²) in [4.78, 5) is 39.8. The molecule has 1 saturated carbocycles. The van der Waals surface area contributed by atoms with Crippen LogP contribution in [0.15, 0.2) is 76.2 Å². The Kier molecular flexibility index (Phi) is 12.3. The Morgan fingerprint density at radius 2 is 1.83 bits per heavy atom. The van der Waals surface area contributed by atoms with Crippen molar-refractivity contribution >= 4 is 39.3 Å². The average Bonchev–Trinajstić information content (AvgIpc) is 3.61. The number of nitrogens with zero attached hydrogens (tertiary/aromatic N) is 3. The summed E-state index contributed by atoms with van der Waals surface area (Å²) in [5.41, 5.74) is -4.27. The van der Waals surface area contributed by atoms with Crippen molar-refractivity contribution in [3.05, 3.63) is 98.5 Å². The van der Waals surface area contributed by atoms with Gasteiger partial charge in [0.1, 0.15) is 11.7 Å². The fraction of sp³-hybridized carbons (Fsp3) is 0.444. The van der Waals surface area contributed by atoms with E-state index >= 15 is 0 Å². The Hall–Kier alpha value is -3.85. The lowest BCUT2D eigenvalue weighted by molar-refractivity contribution is -0.144. The van der Waals surface area contributed by atoms with Gasteiger partial charge in [-0.05, 0) is 62.9 Å². The molecule has 16 heteroatoms. The van der Waals surface area contributed by atoms with Crippen LogP contribution in [0.25, 0.3) is 11.3 Å². The minimum atomic E-state index is -4.81. The van der Waals surface area contributed by atoms with Gasteiger partial charge in [0.15, 0.2) is 0 Å². The van der Waals surface area contributed by atoms with Gasteiger partial charge >= 0.3 is 12.4 Å². The number of aryl methyl sites for hydroxylation is 1. The van der Waals surface area contributed by atoms with E-state index in [-0.39, 0.29) is 52.0 Å². The van der Waals surface area contributed by atoms with Crippen LogP contribution < -0.4 is 16.2 Å². The van der Waals surface area contributed by atoms with Gasteiger partial charge in [-0.15, -0.1) is 11.6 Å². The molecule has 0 radical (unpaired) electrons. The summed E-state index contributed by atoms with van der Waals surface area (Å²) in [6.07, 6.45) is -4.24. The Morgan fingerprint density at radius 3 is 2.40 bits per heavy atom. The van der Waals surface area contributed by atoms with Crippen LogP contribution in [0.3, 0.4) is 0 Å². The van der Waals surface area contributed by atoms with Crippen molar-refractivity contribution in [3.63, 3.8) is 0 Å². The van der Waals surface area contributed by atoms with E-state index in [1.807, 2.05) is 6.92 Å². The summed E-state index contributed by atoms with van der Waals surface area (Å²) in [5.74, 6) is -2.27. The highest BCUT2D eigenvalue weighted by molar-refractivity contribution is 9.10. The van der Waals surface area contributed by atoms with E-state index in [0.29, 0.717) is 12.0 Å². The van der Waals surface area contributed by atoms with E-state index in [4.69, 9.17) is 11.6 Å². The normalized spacial score (nSPS) is 18.5. The fourth-order valence-electron chi connectivity index (χ4n) is 6.35. The molecule has 282 valence electrons. The number of rotatable bonds is 14. The molecule has 3 unspecified atom stereocenters. The molecule has 2 heterocycles. The third-order valence-corrected chi connectivity index (χ3v) is 9.70. The molecule has 0 aliphatic heterocycles. The number of nitrogens with one attached hydrogen (secondary N) is 2. The molecular formula is C36H39BrClF6N5O3. The van der Waals surface area contributed by atoms with Crippen LogP contribution in [0.5, 0.6) is 0 Å². The molecule has 0 spiro atoms. The highest BCUT2D eigenvalue weighted by atomic mass is 79.9. The maximum absolute atomic E-state index is 14.2. The number of allylic oxidation sites excluding steroid dienone is 2. The summed E-state index contributed by atoms with van der Waals surface area (Å²) in [6, 6.07) is 5.89. The van der Waals surface area contributed by atoms with Crippen LogP contribution in [0.4, 0.5) is 26.3 Å². The first-order chi connectivity index (χ1) is 24.2. The van der Waals surface area contributed by atoms with Crippen molar-refractivity contribution in [2.24, 2.45) is 12.5 Å². The number of pyridine rings is 1. The summed E-state index contributed by atoms with van der Waals surface area (Å²) in [6.45, 7) is 8.17. The Morgan fingerprint density at radius 1 is 1.13 bits per heavy atom. The molecule has 2 aromatic heterocycles. The molecule has 1 aromatic carbocycles. The minimum Gasteiger partial charge on any atom is -0.348 e. The third kappa shape index (κ3) is 9.38. The second kappa shape index (κ2) is 15.6. The van der Waals surface area contributed by atoms with E-state index in [0.717, 1.165) is 16.8 Å². The molecule has 4 rings (SSSR count). The predicted octanol–water partition coefficient (Wildman–Crippen LogP) is 8.14. The smallest absolute Gasteiger partial charge is 0.348 e. The zero-order valence-corrected chi connectivity index (χ0v) is 31.2. The van der Waals surface area contributed by atoms with Gasteiger partial charge in [0.2, 0.25) is 17.4 Å². The van der Waals surface area contributed by atoms with Crippen LogP contribution in [-0.2, 0) is 35.5 Å². The fourth-order valence-corrected chi connectivity index (χ4v) is 7.04. The molecule has 1 fully saturated rings. The highest BCUT2D eigenvalue weighted by Crippen LogP contribution is 2.63. The second-order valence-electron chi connectivity index (χ2n) is 13.5. The first-order valence-electron chi connectivity index (χ1n) is 16.3. The van der Waals surface area contributed by atoms with Gasteiger partial charge in [-0.25, -0.2) is 0 Å². The maximum atomic E-state index is 14.2. The Labute approximate surface area is 310 Å². The van der Waals surface area contributed by atoms with Gasteiger partial charge in [-0.2, -0.15) is 31.4 Å². The van der Waals surface area contributed by atoms with Gasteiger partial charge < -0.3 is 15.2 Å². The number of carbonyl (C=O) groups excluding carboxylic acids is 2. The number of hydrogen-bond donors (Lipinski definition) is 2. The summed E-state index contributed by atoms with van der Waals surface area (Å²) in [5, 5.41) is 9.63. The van der Waals surface area contributed by atoms with Gasteiger partial charge in [-0.1, -0.05) is 53.2 Å². The average molecular weight is 819 g/mol. The van der Waals surface area contributed by atoms with E-state index in [1.165, 1.54) is 62.0 Å². The molecule has 3 aromatic rings. The van der Waals surface area contributed by atoms with Gasteiger partial charge in [-0.3, -0.25) is 19.1 Å². The van der Waals surface area contributed by atoms with E-state index < -0.39 is 64.9 Å². The first kappa shape index (κ1) is 40.9. The molecule has 2 N–H and O–H groups in total. The monoisotopic (exact) mass is 817 g/mol. The molecular weight excluding hydrogens is 780 g/mol. The lowest BCUT2D eigenvalue weighted by Crippen LogP contribution is -2.56. The largest absolute Gasteiger partial charge is 0.433 e. The second-order valence-corrected chi connectivity index (χ2v) is 14.8. The molecule has 2 amide bonds. The van der Waals surface area contributed by atoms with Gasteiger partial charge in [0, 0.05) is 47.6 Å². The van der Waals surface area contributed by atoms with Gasteiger partial charge in [0.05, 0.1) is 28.8 Å². The highest BCUT2D eigenvalue weighted by Gasteiger charge is 2.61. The van der Waals surface area contributed by atoms with E-state index in [2.05, 4.69) is 38.2 Å². The predicted molar refractivity (Wildman–Crippen MR) is 190 cm³/mol.